The fourth-order valence-electron chi connectivity index (χ4n) is 3.45. The Labute approximate surface area is 185 Å². The third-order valence-electron chi connectivity index (χ3n) is 5.21. The number of nitrogens with zero attached hydrogens (tertiary/aromatic N) is 3. The lowest BCUT2D eigenvalue weighted by Gasteiger charge is -2.30. The summed E-state index contributed by atoms with van der Waals surface area (Å²) in [6.45, 7) is 0.707. The summed E-state index contributed by atoms with van der Waals surface area (Å²) < 4.78 is 32.4. The molecule has 1 amide bonds. The van der Waals surface area contributed by atoms with Gasteiger partial charge in [0.1, 0.15) is 0 Å². The zero-order valence-corrected chi connectivity index (χ0v) is 18.1. The monoisotopic (exact) mass is 460 g/mol. The van der Waals surface area contributed by atoms with Crippen LogP contribution in [0.25, 0.3) is 11.5 Å². The first-order chi connectivity index (χ1) is 14.9. The Morgan fingerprint density at radius 1 is 1.10 bits per heavy atom. The first-order valence-electron chi connectivity index (χ1n) is 9.84. The molecule has 1 saturated heterocycles. The van der Waals surface area contributed by atoms with Gasteiger partial charge in [0.25, 0.3) is 5.89 Å². The number of rotatable bonds is 6. The first-order valence-corrected chi connectivity index (χ1v) is 11.7. The molecule has 162 valence electrons. The van der Waals surface area contributed by atoms with E-state index in [9.17, 15) is 13.2 Å². The summed E-state index contributed by atoms with van der Waals surface area (Å²) in [5.74, 6) is 0.935. The van der Waals surface area contributed by atoms with Gasteiger partial charge in [-0.3, -0.25) is 4.79 Å². The van der Waals surface area contributed by atoms with Crippen LogP contribution >= 0.6 is 11.6 Å². The van der Waals surface area contributed by atoms with E-state index >= 15 is 0 Å². The molecule has 8 nitrogen and oxygen atoms in total. The quantitative estimate of drug-likeness (QED) is 0.606. The average molecular weight is 461 g/mol. The van der Waals surface area contributed by atoms with Gasteiger partial charge < -0.3 is 9.42 Å². The second kappa shape index (κ2) is 9.17. The van der Waals surface area contributed by atoms with Crippen molar-refractivity contribution in [2.45, 2.75) is 23.7 Å². The highest BCUT2D eigenvalue weighted by Crippen LogP contribution is 2.28. The minimum absolute atomic E-state index is 0.0646. The number of aromatic nitrogens is 2. The van der Waals surface area contributed by atoms with Gasteiger partial charge >= 0.3 is 0 Å². The molecule has 2 heterocycles. The van der Waals surface area contributed by atoms with Crippen molar-refractivity contribution in [3.63, 3.8) is 0 Å². The Kier molecular flexibility index (Phi) is 6.35. The van der Waals surface area contributed by atoms with Crippen molar-refractivity contribution in [1.29, 1.82) is 0 Å². The predicted molar refractivity (Wildman–Crippen MR) is 115 cm³/mol. The topological polar surface area (TPSA) is 105 Å². The smallest absolute Gasteiger partial charge is 0.257 e. The number of sulfonamides is 1. The maximum absolute atomic E-state index is 12.5. The van der Waals surface area contributed by atoms with E-state index in [1.165, 1.54) is 24.3 Å². The van der Waals surface area contributed by atoms with Gasteiger partial charge in [-0.25, -0.2) is 13.1 Å². The molecule has 3 aromatic rings. The van der Waals surface area contributed by atoms with Gasteiger partial charge in [-0.2, -0.15) is 4.98 Å². The van der Waals surface area contributed by atoms with Crippen molar-refractivity contribution < 1.29 is 17.7 Å². The number of likely N-dealkylation sites (tertiary alicyclic amines) is 1. The molecule has 1 fully saturated rings. The maximum atomic E-state index is 12.5. The van der Waals surface area contributed by atoms with E-state index in [2.05, 4.69) is 14.9 Å². The van der Waals surface area contributed by atoms with Crippen molar-refractivity contribution in [2.24, 2.45) is 0 Å². The summed E-state index contributed by atoms with van der Waals surface area (Å²) in [6, 6.07) is 15.3. The van der Waals surface area contributed by atoms with E-state index in [-0.39, 0.29) is 23.3 Å². The van der Waals surface area contributed by atoms with Crippen LogP contribution in [0.4, 0.5) is 0 Å². The molecule has 0 radical (unpaired) electrons. The highest BCUT2D eigenvalue weighted by molar-refractivity contribution is 7.89. The van der Waals surface area contributed by atoms with Crippen LogP contribution in [0, 0.1) is 0 Å². The lowest BCUT2D eigenvalue weighted by atomic mass is 9.96. The molecule has 1 N–H and O–H groups in total. The third-order valence-corrected chi connectivity index (χ3v) is 6.88. The van der Waals surface area contributed by atoms with Crippen LogP contribution in [0.1, 0.15) is 24.6 Å². The number of amides is 1. The number of hydrogen-bond donors (Lipinski definition) is 1. The van der Waals surface area contributed by atoms with Crippen LogP contribution in [-0.2, 0) is 14.8 Å². The standard InChI is InChI=1S/C21H21ClN4O4S/c22-17-6-8-18(9-7-17)31(28,29)23-14-19(27)26-12-10-15(11-13-26)20-24-21(30-25-20)16-4-2-1-3-5-16/h1-9,15,23H,10-14H2. The molecule has 2 aromatic carbocycles. The van der Waals surface area contributed by atoms with Gasteiger partial charge in [0, 0.05) is 29.6 Å². The van der Waals surface area contributed by atoms with Crippen molar-refractivity contribution in [1.82, 2.24) is 19.8 Å². The minimum atomic E-state index is -3.78. The van der Waals surface area contributed by atoms with Gasteiger partial charge in [0.15, 0.2) is 5.82 Å². The lowest BCUT2D eigenvalue weighted by molar-refractivity contribution is -0.131. The van der Waals surface area contributed by atoms with Crippen LogP contribution in [0.3, 0.4) is 0 Å². The molecule has 1 aliphatic rings. The molecule has 1 aromatic heterocycles. The molecule has 4 rings (SSSR count). The summed E-state index contributed by atoms with van der Waals surface area (Å²) in [5, 5.41) is 4.54. The van der Waals surface area contributed by atoms with Gasteiger partial charge in [0.2, 0.25) is 15.9 Å². The molecular weight excluding hydrogens is 440 g/mol. The van der Waals surface area contributed by atoms with Gasteiger partial charge in [-0.05, 0) is 49.2 Å². The molecule has 0 saturated carbocycles. The van der Waals surface area contributed by atoms with Crippen molar-refractivity contribution in [3.05, 3.63) is 65.4 Å². The van der Waals surface area contributed by atoms with E-state index in [1.54, 1.807) is 4.90 Å². The number of piperidine rings is 1. The van der Waals surface area contributed by atoms with Crippen molar-refractivity contribution in [3.8, 4) is 11.5 Å². The fraction of sp³-hybridized carbons (Fsp3) is 0.286. The second-order valence-electron chi connectivity index (χ2n) is 7.26. The van der Waals surface area contributed by atoms with E-state index in [0.29, 0.717) is 42.7 Å². The Balaban J connectivity index is 1.30. The summed E-state index contributed by atoms with van der Waals surface area (Å²) in [5.41, 5.74) is 0.863. The van der Waals surface area contributed by atoms with Gasteiger partial charge in [0.05, 0.1) is 11.4 Å². The number of benzene rings is 2. The molecule has 0 aliphatic carbocycles. The number of carbonyl (C=O) groups is 1. The second-order valence-corrected chi connectivity index (χ2v) is 9.46. The van der Waals surface area contributed by atoms with Gasteiger partial charge in [-0.15, -0.1) is 0 Å². The summed E-state index contributed by atoms with van der Waals surface area (Å²) in [6.07, 6.45) is 1.37. The number of carbonyl (C=O) groups excluding carboxylic acids is 1. The largest absolute Gasteiger partial charge is 0.342 e. The number of halogens is 1. The Hall–Kier alpha value is -2.75. The fourth-order valence-corrected chi connectivity index (χ4v) is 4.55. The Morgan fingerprint density at radius 3 is 2.45 bits per heavy atom. The maximum Gasteiger partial charge on any atom is 0.257 e. The highest BCUT2D eigenvalue weighted by Gasteiger charge is 2.28. The Morgan fingerprint density at radius 2 is 1.77 bits per heavy atom. The van der Waals surface area contributed by atoms with Crippen molar-refractivity contribution >= 4 is 27.5 Å². The van der Waals surface area contributed by atoms with Crippen molar-refractivity contribution in [2.75, 3.05) is 19.6 Å². The molecule has 0 spiro atoms. The molecule has 0 atom stereocenters. The summed E-state index contributed by atoms with van der Waals surface area (Å²) in [7, 11) is -3.78. The Bertz CT molecular complexity index is 1140. The van der Waals surface area contributed by atoms with Crippen LogP contribution < -0.4 is 4.72 Å². The highest BCUT2D eigenvalue weighted by atomic mass is 35.5. The zero-order valence-electron chi connectivity index (χ0n) is 16.6. The van der Waals surface area contributed by atoms with Crippen LogP contribution in [0.2, 0.25) is 5.02 Å². The van der Waals surface area contributed by atoms with Crippen LogP contribution in [-0.4, -0.2) is 49.0 Å². The van der Waals surface area contributed by atoms with Crippen LogP contribution in [0.15, 0.2) is 64.0 Å². The molecule has 1 aliphatic heterocycles. The van der Waals surface area contributed by atoms with E-state index in [4.69, 9.17) is 16.1 Å². The normalized spacial score (nSPS) is 15.2. The SMILES string of the molecule is O=C(CNS(=O)(=O)c1ccc(Cl)cc1)N1CCC(c2noc(-c3ccccc3)n2)CC1. The van der Waals surface area contributed by atoms with E-state index in [0.717, 1.165) is 5.56 Å². The predicted octanol–water partition coefficient (Wildman–Crippen LogP) is 3.07. The van der Waals surface area contributed by atoms with E-state index in [1.807, 2.05) is 30.3 Å². The molecular formula is C21H21ClN4O4S. The molecule has 10 heteroatoms. The molecule has 0 unspecified atom stereocenters. The van der Waals surface area contributed by atoms with E-state index < -0.39 is 10.0 Å². The number of nitrogens with one attached hydrogen (secondary N) is 1. The zero-order chi connectivity index (χ0) is 21.8. The molecule has 31 heavy (non-hydrogen) atoms. The number of hydrogen-bond acceptors (Lipinski definition) is 6. The van der Waals surface area contributed by atoms with Crippen LogP contribution in [0.5, 0.6) is 0 Å². The third kappa shape index (κ3) is 5.12. The lowest BCUT2D eigenvalue weighted by Crippen LogP contribution is -2.43. The summed E-state index contributed by atoms with van der Waals surface area (Å²) >= 11 is 5.79. The first kappa shape index (κ1) is 21.5. The summed E-state index contributed by atoms with van der Waals surface area (Å²) in [4.78, 5) is 18.7. The average Bonchev–Trinajstić information content (AvgIpc) is 3.29. The minimum Gasteiger partial charge on any atom is -0.342 e. The molecule has 0 bridgehead atoms. The van der Waals surface area contributed by atoms with Gasteiger partial charge in [-0.1, -0.05) is 35.0 Å².